The topological polar surface area (TPSA) is 128 Å². The molecule has 12 heteroatoms. The Hall–Kier alpha value is -2.60. The number of esters is 1. The van der Waals surface area contributed by atoms with Crippen LogP contribution in [0, 0.1) is 11.3 Å². The van der Waals surface area contributed by atoms with E-state index in [1.54, 1.807) is 48.5 Å². The second kappa shape index (κ2) is 19.0. The smallest absolute Gasteiger partial charge is 0.328 e. The average molecular weight is 694 g/mol. The van der Waals surface area contributed by atoms with Crippen molar-refractivity contribution in [3.05, 3.63) is 11.6 Å². The summed E-state index contributed by atoms with van der Waals surface area (Å²) in [5.41, 5.74) is -0.120. The number of nitrogens with zero attached hydrogens (tertiary/aromatic N) is 3. The van der Waals surface area contributed by atoms with Gasteiger partial charge in [-0.05, 0) is 89.7 Å². The van der Waals surface area contributed by atoms with Crippen LogP contribution in [0.5, 0.6) is 0 Å². The van der Waals surface area contributed by atoms with Crippen LogP contribution in [0.15, 0.2) is 11.6 Å². The lowest BCUT2D eigenvalue weighted by molar-refractivity contribution is -0.148. The number of piperidine rings is 1. The molecule has 274 valence electrons. The number of likely N-dealkylation sites (N-methyl/N-ethyl adjacent to an activating group) is 1. The molecule has 11 nitrogen and oxygen atoms in total. The first-order chi connectivity index (χ1) is 22.5. The third-order valence-corrected chi connectivity index (χ3v) is 10.1. The van der Waals surface area contributed by atoms with Gasteiger partial charge < -0.3 is 25.2 Å². The van der Waals surface area contributed by atoms with Gasteiger partial charge in [-0.3, -0.25) is 24.1 Å². The lowest BCUT2D eigenvalue weighted by Crippen LogP contribution is -2.60. The molecule has 0 bridgehead atoms. The van der Waals surface area contributed by atoms with Crippen LogP contribution in [0.3, 0.4) is 0 Å². The van der Waals surface area contributed by atoms with Gasteiger partial charge in [-0.1, -0.05) is 47.1 Å². The first-order valence-electron chi connectivity index (χ1n) is 17.7. The van der Waals surface area contributed by atoms with Gasteiger partial charge in [0.1, 0.15) is 18.1 Å². The quantitative estimate of drug-likeness (QED) is 0.195. The first kappa shape index (κ1) is 41.6. The Morgan fingerprint density at radius 1 is 0.958 bits per heavy atom. The van der Waals surface area contributed by atoms with Crippen LogP contribution in [0.4, 0.5) is 0 Å². The minimum atomic E-state index is -0.771. The highest BCUT2D eigenvalue weighted by Gasteiger charge is 2.41. The van der Waals surface area contributed by atoms with Crippen LogP contribution in [-0.4, -0.2) is 119 Å². The molecule has 2 rings (SSSR count). The average Bonchev–Trinajstić information content (AvgIpc) is 3.52. The van der Waals surface area contributed by atoms with Gasteiger partial charge in [0.05, 0.1) is 18.7 Å². The zero-order chi connectivity index (χ0) is 36.3. The van der Waals surface area contributed by atoms with Gasteiger partial charge >= 0.3 is 5.97 Å². The third-order valence-electron chi connectivity index (χ3n) is 9.46. The fraction of sp³-hybridized carbons (Fsp3) is 0.806. The monoisotopic (exact) mass is 693 g/mol. The molecule has 48 heavy (non-hydrogen) atoms. The maximum absolute atomic E-state index is 14.2. The molecule has 0 saturated carbocycles. The second-order valence-corrected chi connectivity index (χ2v) is 15.9. The highest BCUT2D eigenvalue weighted by molar-refractivity contribution is 7.98. The van der Waals surface area contributed by atoms with E-state index in [1.165, 1.54) is 0 Å². The molecule has 2 saturated heterocycles. The number of carbonyl (C=O) groups excluding carboxylic acids is 5. The van der Waals surface area contributed by atoms with Gasteiger partial charge in [0.25, 0.3) is 0 Å². The van der Waals surface area contributed by atoms with Crippen LogP contribution in [-0.2, 0) is 28.7 Å². The number of carbonyl (C=O) groups is 5. The minimum Gasteiger partial charge on any atom is -0.464 e. The van der Waals surface area contributed by atoms with E-state index in [-0.39, 0.29) is 48.2 Å². The highest BCUT2D eigenvalue weighted by atomic mass is 32.2. The zero-order valence-corrected chi connectivity index (χ0v) is 32.2. The Kier molecular flexibility index (Phi) is 16.4. The molecule has 0 aromatic heterocycles. The van der Waals surface area contributed by atoms with Crippen LogP contribution in [0.25, 0.3) is 0 Å². The Balaban J connectivity index is 2.26. The standard InChI is InChI=1S/C36H63N5O6S/c1-12-47-35(46)26(18-21-48-11)37-31(42)28-17-15-20-41(28)33(44)25(6)22-29(23(2)3)39(10)34(45)30(36(7,8)9)38-32(43)27-16-13-14-19-40(27)24(4)5/h22-24,26-30H,12-21H2,1-11H3,(H,37,42)(H,38,43)/t26-,27-,28+,29-,30-/m1/s1. The van der Waals surface area contributed by atoms with Crippen LogP contribution >= 0.6 is 11.8 Å². The lowest BCUT2D eigenvalue weighted by atomic mass is 9.84. The molecule has 0 aromatic rings. The van der Waals surface area contributed by atoms with Crippen LogP contribution < -0.4 is 10.6 Å². The summed E-state index contributed by atoms with van der Waals surface area (Å²) in [6.07, 6.45) is 8.14. The van der Waals surface area contributed by atoms with Crippen molar-refractivity contribution in [2.24, 2.45) is 11.3 Å². The molecule has 0 aliphatic carbocycles. The molecule has 2 fully saturated rings. The highest BCUT2D eigenvalue weighted by Crippen LogP contribution is 2.27. The molecule has 2 aliphatic rings. The molecular formula is C36H63N5O6S. The number of hydrogen-bond donors (Lipinski definition) is 2. The number of hydrogen-bond acceptors (Lipinski definition) is 8. The predicted molar refractivity (Wildman–Crippen MR) is 192 cm³/mol. The van der Waals surface area contributed by atoms with Crippen molar-refractivity contribution in [1.82, 2.24) is 25.3 Å². The van der Waals surface area contributed by atoms with Gasteiger partial charge in [-0.25, -0.2) is 4.79 Å². The molecule has 0 spiro atoms. The summed E-state index contributed by atoms with van der Waals surface area (Å²) in [6.45, 7) is 19.0. The van der Waals surface area contributed by atoms with E-state index in [2.05, 4.69) is 29.4 Å². The van der Waals surface area contributed by atoms with Crippen molar-refractivity contribution in [3.8, 4) is 0 Å². The number of likely N-dealkylation sites (tertiary alicyclic amines) is 2. The van der Waals surface area contributed by atoms with Gasteiger partial charge in [0, 0.05) is 25.2 Å². The summed E-state index contributed by atoms with van der Waals surface area (Å²) >= 11 is 1.58. The number of nitrogens with one attached hydrogen (secondary N) is 2. The number of thioether (sulfide) groups is 1. The molecule has 2 N–H and O–H groups in total. The maximum atomic E-state index is 14.2. The summed E-state index contributed by atoms with van der Waals surface area (Å²) in [7, 11) is 1.73. The van der Waals surface area contributed by atoms with Crippen LogP contribution in [0.2, 0.25) is 0 Å². The molecule has 0 aromatic carbocycles. The zero-order valence-electron chi connectivity index (χ0n) is 31.4. The van der Waals surface area contributed by atoms with E-state index in [0.717, 1.165) is 25.8 Å². The summed E-state index contributed by atoms with van der Waals surface area (Å²) in [5, 5.41) is 5.96. The predicted octanol–water partition coefficient (Wildman–Crippen LogP) is 4.00. The van der Waals surface area contributed by atoms with Gasteiger partial charge in [0.15, 0.2) is 0 Å². The fourth-order valence-electron chi connectivity index (χ4n) is 6.67. The Labute approximate surface area is 293 Å². The van der Waals surface area contributed by atoms with E-state index < -0.39 is 35.6 Å². The molecule has 0 unspecified atom stereocenters. The van der Waals surface area contributed by atoms with Gasteiger partial charge in [-0.15, -0.1) is 0 Å². The van der Waals surface area contributed by atoms with E-state index in [0.29, 0.717) is 37.1 Å². The van der Waals surface area contributed by atoms with E-state index in [9.17, 15) is 24.0 Å². The summed E-state index contributed by atoms with van der Waals surface area (Å²) in [6, 6.07) is -2.71. The summed E-state index contributed by atoms with van der Waals surface area (Å²) in [4.78, 5) is 73.0. The molecule has 2 aliphatic heterocycles. The molecule has 0 radical (unpaired) electrons. The van der Waals surface area contributed by atoms with Crippen molar-refractivity contribution < 1.29 is 28.7 Å². The number of amides is 4. The Morgan fingerprint density at radius 3 is 2.15 bits per heavy atom. The largest absolute Gasteiger partial charge is 0.464 e. The van der Waals surface area contributed by atoms with Gasteiger partial charge in [-0.2, -0.15) is 11.8 Å². The normalized spacial score (nSPS) is 21.1. The molecular weight excluding hydrogens is 630 g/mol. The van der Waals surface area contributed by atoms with Crippen molar-refractivity contribution in [2.75, 3.05) is 38.8 Å². The van der Waals surface area contributed by atoms with Crippen molar-refractivity contribution in [1.29, 1.82) is 0 Å². The minimum absolute atomic E-state index is 0.0350. The van der Waals surface area contributed by atoms with Crippen molar-refractivity contribution >= 4 is 41.4 Å². The molecule has 2 heterocycles. The summed E-state index contributed by atoms with van der Waals surface area (Å²) < 4.78 is 5.18. The second-order valence-electron chi connectivity index (χ2n) is 14.9. The number of rotatable bonds is 15. The summed E-state index contributed by atoms with van der Waals surface area (Å²) in [5.74, 6) is -0.802. The number of ether oxygens (including phenoxy) is 1. The third kappa shape index (κ3) is 11.2. The van der Waals surface area contributed by atoms with Crippen molar-refractivity contribution in [2.45, 2.75) is 137 Å². The Morgan fingerprint density at radius 2 is 1.58 bits per heavy atom. The molecule has 4 amide bonds. The van der Waals surface area contributed by atoms with E-state index in [1.807, 2.05) is 40.9 Å². The fourth-order valence-corrected chi connectivity index (χ4v) is 7.15. The van der Waals surface area contributed by atoms with E-state index >= 15 is 0 Å². The van der Waals surface area contributed by atoms with E-state index in [4.69, 9.17) is 4.74 Å². The SMILES string of the molecule is CCOC(=O)[C@@H](CCSC)NC(=O)[C@@H]1CCCN1C(=O)C(C)=C[C@H](C(C)C)N(C)C(=O)[C@@H](NC(=O)[C@H]1CCCCN1C(C)C)C(C)(C)C. The Bertz CT molecular complexity index is 1150. The lowest BCUT2D eigenvalue weighted by Gasteiger charge is -2.41. The van der Waals surface area contributed by atoms with Gasteiger partial charge in [0.2, 0.25) is 23.6 Å². The maximum Gasteiger partial charge on any atom is 0.328 e. The van der Waals surface area contributed by atoms with Crippen LogP contribution in [0.1, 0.15) is 101 Å². The molecule has 5 atom stereocenters. The first-order valence-corrected chi connectivity index (χ1v) is 19.1. The van der Waals surface area contributed by atoms with Crippen molar-refractivity contribution in [3.63, 3.8) is 0 Å².